The number of aromatic hydroxyl groups is 1. The number of hydrogen-bond donors (Lipinski definition) is 1. The topological polar surface area (TPSA) is 76.7 Å². The van der Waals surface area contributed by atoms with Crippen LogP contribution in [-0.4, -0.2) is 17.0 Å². The van der Waals surface area contributed by atoms with Gasteiger partial charge in [0.25, 0.3) is 0 Å². The number of ether oxygens (including phenoxy) is 1. The van der Waals surface area contributed by atoms with E-state index in [1.807, 2.05) is 30.3 Å². The molecule has 0 aliphatic heterocycles. The minimum atomic E-state index is -0.661. The van der Waals surface area contributed by atoms with Gasteiger partial charge in [-0.05, 0) is 13.8 Å². The Morgan fingerprint density at radius 1 is 1.17 bits per heavy atom. The summed E-state index contributed by atoms with van der Waals surface area (Å²) >= 11 is 0. The van der Waals surface area contributed by atoms with Gasteiger partial charge in [0.05, 0.1) is 0 Å². The van der Waals surface area contributed by atoms with Crippen LogP contribution in [0.3, 0.4) is 0 Å². The van der Waals surface area contributed by atoms with Crippen molar-refractivity contribution in [2.24, 2.45) is 0 Å². The normalized spacial score (nSPS) is 12.1. The molecule has 0 unspecified atom stereocenters. The van der Waals surface area contributed by atoms with Crippen molar-refractivity contribution in [3.05, 3.63) is 58.8 Å². The maximum atomic E-state index is 12.3. The summed E-state index contributed by atoms with van der Waals surface area (Å²) in [5.41, 5.74) is 0.602. The van der Waals surface area contributed by atoms with Crippen LogP contribution in [0.5, 0.6) is 11.5 Å². The lowest BCUT2D eigenvalue weighted by Gasteiger charge is -2.13. The predicted octanol–water partition coefficient (Wildman–Crippen LogP) is 3.52. The molecule has 0 spiro atoms. The molecule has 5 nitrogen and oxygen atoms in total. The maximum absolute atomic E-state index is 12.3. The number of rotatable bonds is 4. The van der Waals surface area contributed by atoms with Crippen LogP contribution in [0, 0.1) is 0 Å². The van der Waals surface area contributed by atoms with Crippen LogP contribution in [0.1, 0.15) is 13.8 Å². The summed E-state index contributed by atoms with van der Waals surface area (Å²) in [5, 5.41) is 10.2. The van der Waals surface area contributed by atoms with Gasteiger partial charge in [0, 0.05) is 23.8 Å². The Bertz CT molecular complexity index is 957. The molecule has 0 fully saturated rings. The lowest BCUT2D eigenvalue weighted by Crippen LogP contribution is -2.20. The second kappa shape index (κ2) is 6.20. The molecule has 122 valence electrons. The van der Waals surface area contributed by atoms with Crippen LogP contribution in [0.4, 0.5) is 0 Å². The van der Waals surface area contributed by atoms with Crippen molar-refractivity contribution in [3.8, 4) is 22.8 Å². The van der Waals surface area contributed by atoms with Crippen molar-refractivity contribution in [1.82, 2.24) is 0 Å². The fourth-order valence-corrected chi connectivity index (χ4v) is 2.34. The molecule has 0 radical (unpaired) electrons. The zero-order chi connectivity index (χ0) is 17.3. The molecule has 2 aromatic carbocycles. The summed E-state index contributed by atoms with van der Waals surface area (Å²) in [6, 6.07) is 13.3. The Hall–Kier alpha value is -3.08. The van der Waals surface area contributed by atoms with Gasteiger partial charge >= 0.3 is 0 Å². The van der Waals surface area contributed by atoms with Crippen LogP contribution in [0.15, 0.2) is 57.7 Å². The molecule has 1 heterocycles. The van der Waals surface area contributed by atoms with Gasteiger partial charge in [0.15, 0.2) is 17.3 Å². The number of carbonyl (C=O) groups is 1. The van der Waals surface area contributed by atoms with Crippen molar-refractivity contribution in [1.29, 1.82) is 0 Å². The van der Waals surface area contributed by atoms with Gasteiger partial charge in [0.2, 0.25) is 0 Å². The summed E-state index contributed by atoms with van der Waals surface area (Å²) in [6.07, 6.45) is -0.661. The van der Waals surface area contributed by atoms with E-state index >= 15 is 0 Å². The molecule has 0 saturated heterocycles. The van der Waals surface area contributed by atoms with E-state index in [0.29, 0.717) is 5.76 Å². The molecule has 0 aliphatic rings. The zero-order valence-corrected chi connectivity index (χ0v) is 13.3. The van der Waals surface area contributed by atoms with E-state index in [2.05, 4.69) is 0 Å². The molecule has 3 aromatic rings. The van der Waals surface area contributed by atoms with Gasteiger partial charge in [0.1, 0.15) is 28.2 Å². The molecule has 1 atom stereocenters. The van der Waals surface area contributed by atoms with E-state index in [9.17, 15) is 14.7 Å². The number of Topliss-reactive ketones (excluding diaryl/α,β-unsaturated/α-hetero) is 1. The first-order chi connectivity index (χ1) is 11.5. The smallest absolute Gasteiger partial charge is 0.197 e. The highest BCUT2D eigenvalue weighted by atomic mass is 16.5. The predicted molar refractivity (Wildman–Crippen MR) is 90.4 cm³/mol. The van der Waals surface area contributed by atoms with Gasteiger partial charge in [-0.3, -0.25) is 9.59 Å². The van der Waals surface area contributed by atoms with E-state index in [1.165, 1.54) is 25.1 Å². The number of fused-ring (bicyclic) bond motifs is 1. The van der Waals surface area contributed by atoms with Crippen LogP contribution in [-0.2, 0) is 4.79 Å². The lowest BCUT2D eigenvalue weighted by molar-refractivity contribution is -0.122. The van der Waals surface area contributed by atoms with Crippen LogP contribution in [0.25, 0.3) is 22.3 Å². The third-order valence-electron chi connectivity index (χ3n) is 3.73. The minimum absolute atomic E-state index is 0.0810. The minimum Gasteiger partial charge on any atom is -0.507 e. The number of benzene rings is 2. The molecular formula is C19H16O5. The monoisotopic (exact) mass is 324 g/mol. The molecule has 0 amide bonds. The number of phenolic OH excluding ortho intramolecular Hbond substituents is 1. The Morgan fingerprint density at radius 2 is 1.88 bits per heavy atom. The number of carbonyl (C=O) groups excluding carboxylic acids is 1. The Kier molecular flexibility index (Phi) is 4.08. The standard InChI is InChI=1S/C19H16O5/c1-11(20)12(2)23-14-8-15(21)19-16(22)10-17(24-18(19)9-14)13-6-4-3-5-7-13/h3-10,12,21H,1-2H3/t12-/m1/s1. The molecule has 0 saturated carbocycles. The Morgan fingerprint density at radius 3 is 2.54 bits per heavy atom. The van der Waals surface area contributed by atoms with E-state index < -0.39 is 6.10 Å². The lowest BCUT2D eigenvalue weighted by atomic mass is 10.1. The maximum Gasteiger partial charge on any atom is 0.197 e. The highest BCUT2D eigenvalue weighted by Crippen LogP contribution is 2.31. The fourth-order valence-electron chi connectivity index (χ4n) is 2.34. The quantitative estimate of drug-likeness (QED) is 0.794. The van der Waals surface area contributed by atoms with E-state index in [-0.39, 0.29) is 33.7 Å². The summed E-state index contributed by atoms with van der Waals surface area (Å²) in [5.74, 6) is 0.265. The van der Waals surface area contributed by atoms with Crippen molar-refractivity contribution >= 4 is 16.8 Å². The largest absolute Gasteiger partial charge is 0.507 e. The SMILES string of the molecule is CC(=O)[C@@H](C)Oc1cc(O)c2c(=O)cc(-c3ccccc3)oc2c1. The summed E-state index contributed by atoms with van der Waals surface area (Å²) in [7, 11) is 0. The van der Waals surface area contributed by atoms with E-state index in [1.54, 1.807) is 6.92 Å². The molecular weight excluding hydrogens is 308 g/mol. The Labute approximate surface area is 138 Å². The first-order valence-electron chi connectivity index (χ1n) is 7.49. The second-order valence-corrected chi connectivity index (χ2v) is 5.53. The summed E-state index contributed by atoms with van der Waals surface area (Å²) < 4.78 is 11.2. The van der Waals surface area contributed by atoms with E-state index in [4.69, 9.17) is 9.15 Å². The zero-order valence-electron chi connectivity index (χ0n) is 13.3. The highest BCUT2D eigenvalue weighted by molar-refractivity contribution is 5.86. The number of phenols is 1. The molecule has 3 rings (SSSR count). The Balaban J connectivity index is 2.14. The van der Waals surface area contributed by atoms with Crippen molar-refractivity contribution < 1.29 is 19.1 Å². The van der Waals surface area contributed by atoms with E-state index in [0.717, 1.165) is 5.56 Å². The summed E-state index contributed by atoms with van der Waals surface area (Å²) in [6.45, 7) is 3.03. The molecule has 0 bridgehead atoms. The van der Waals surface area contributed by atoms with Gasteiger partial charge < -0.3 is 14.3 Å². The van der Waals surface area contributed by atoms with Gasteiger partial charge in [-0.2, -0.15) is 0 Å². The average molecular weight is 324 g/mol. The van der Waals surface area contributed by atoms with Gasteiger partial charge in [-0.15, -0.1) is 0 Å². The summed E-state index contributed by atoms with van der Waals surface area (Å²) in [4.78, 5) is 23.6. The van der Waals surface area contributed by atoms with Crippen LogP contribution >= 0.6 is 0 Å². The highest BCUT2D eigenvalue weighted by Gasteiger charge is 2.15. The number of hydrogen-bond acceptors (Lipinski definition) is 5. The van der Waals surface area contributed by atoms with Crippen molar-refractivity contribution in [2.45, 2.75) is 20.0 Å². The number of ketones is 1. The first-order valence-corrected chi connectivity index (χ1v) is 7.49. The third-order valence-corrected chi connectivity index (χ3v) is 3.73. The van der Waals surface area contributed by atoms with Crippen molar-refractivity contribution in [2.75, 3.05) is 0 Å². The van der Waals surface area contributed by atoms with Crippen molar-refractivity contribution in [3.63, 3.8) is 0 Å². The molecule has 5 heteroatoms. The van der Waals surface area contributed by atoms with Crippen LogP contribution < -0.4 is 10.2 Å². The average Bonchev–Trinajstić information content (AvgIpc) is 2.54. The molecule has 0 aliphatic carbocycles. The first kappa shape index (κ1) is 15.8. The molecule has 1 aromatic heterocycles. The van der Waals surface area contributed by atoms with Gasteiger partial charge in [-0.25, -0.2) is 0 Å². The second-order valence-electron chi connectivity index (χ2n) is 5.53. The molecule has 1 N–H and O–H groups in total. The fraction of sp³-hybridized carbons (Fsp3) is 0.158. The molecule has 24 heavy (non-hydrogen) atoms. The van der Waals surface area contributed by atoms with Gasteiger partial charge in [-0.1, -0.05) is 30.3 Å². The van der Waals surface area contributed by atoms with Crippen LogP contribution in [0.2, 0.25) is 0 Å². The third kappa shape index (κ3) is 3.01.